The topological polar surface area (TPSA) is 129 Å². The predicted octanol–water partition coefficient (Wildman–Crippen LogP) is 2.14. The Kier molecular flexibility index (Phi) is 17.9. The van der Waals surface area contributed by atoms with E-state index in [1.807, 2.05) is 0 Å². The normalized spacial score (nSPS) is 9.94. The van der Waals surface area contributed by atoms with Gasteiger partial charge in [0, 0.05) is 34.2 Å². The lowest BCUT2D eigenvalue weighted by atomic mass is 10.4. The van der Waals surface area contributed by atoms with Crippen LogP contribution in [0.15, 0.2) is 24.3 Å². The molecule has 0 unspecified atom stereocenters. The molecular formula is C20H32N2O8S2. The number of carbonyl (C=O) groups excluding carboxylic acids is 4. The summed E-state index contributed by atoms with van der Waals surface area (Å²) in [4.78, 5) is 45.2. The Labute approximate surface area is 197 Å². The summed E-state index contributed by atoms with van der Waals surface area (Å²) in [6.07, 6.45) is -1.12. The molecule has 0 aliphatic rings. The highest BCUT2D eigenvalue weighted by atomic mass is 32.2. The smallest absolute Gasteiger partial charge is 0.407 e. The summed E-state index contributed by atoms with van der Waals surface area (Å²) >= 11 is 3.28. The van der Waals surface area contributed by atoms with E-state index in [1.54, 1.807) is 37.4 Å². The molecule has 0 aliphatic heterocycles. The molecule has 0 radical (unpaired) electrons. The molecule has 0 aliphatic carbocycles. The van der Waals surface area contributed by atoms with Crippen molar-refractivity contribution in [3.8, 4) is 0 Å². The van der Waals surface area contributed by atoms with Crippen LogP contribution in [-0.2, 0) is 28.5 Å². The fraction of sp³-hybridized carbons (Fsp3) is 0.600. The Morgan fingerprint density at radius 2 is 1.00 bits per heavy atom. The van der Waals surface area contributed by atoms with Crippen molar-refractivity contribution in [3.63, 3.8) is 0 Å². The van der Waals surface area contributed by atoms with Crippen LogP contribution in [0.4, 0.5) is 9.59 Å². The first-order valence-corrected chi connectivity index (χ1v) is 12.2. The van der Waals surface area contributed by atoms with Gasteiger partial charge in [0.05, 0.1) is 13.1 Å². The fourth-order valence-electron chi connectivity index (χ4n) is 1.65. The van der Waals surface area contributed by atoms with Gasteiger partial charge in [0.25, 0.3) is 0 Å². The van der Waals surface area contributed by atoms with E-state index < -0.39 is 24.1 Å². The maximum absolute atomic E-state index is 11.4. The number of thioether (sulfide) groups is 2. The predicted molar refractivity (Wildman–Crippen MR) is 125 cm³/mol. The van der Waals surface area contributed by atoms with E-state index in [9.17, 15) is 19.2 Å². The molecule has 182 valence electrons. The summed E-state index contributed by atoms with van der Waals surface area (Å²) in [5.74, 6) is 2.06. The van der Waals surface area contributed by atoms with E-state index in [-0.39, 0.29) is 39.5 Å². The maximum atomic E-state index is 11.4. The quantitative estimate of drug-likeness (QED) is 0.135. The van der Waals surface area contributed by atoms with Crippen molar-refractivity contribution < 1.29 is 38.1 Å². The van der Waals surface area contributed by atoms with E-state index in [0.717, 1.165) is 11.5 Å². The molecule has 10 nitrogen and oxygen atoms in total. The number of esters is 2. The van der Waals surface area contributed by atoms with E-state index in [1.165, 1.54) is 0 Å². The molecule has 12 heteroatoms. The summed E-state index contributed by atoms with van der Waals surface area (Å²) in [7, 11) is 0. The lowest BCUT2D eigenvalue weighted by Crippen LogP contribution is -2.29. The Bertz CT molecular complexity index is 589. The van der Waals surface area contributed by atoms with E-state index >= 15 is 0 Å². The highest BCUT2D eigenvalue weighted by Gasteiger charge is 2.06. The zero-order valence-electron chi connectivity index (χ0n) is 18.6. The number of nitrogens with one attached hydrogen (secondary N) is 2. The standard InChI is InChI=1S/C20H32N2O8S2/c1-15(2)17(23)27-7-5-21-19(25)29-9-11-31-13-14-32-12-10-30-20(26)22-6-8-28-18(24)16(3)4/h1,3,5-14H2,2,4H3,(H,21,25)(H,22,26). The molecule has 2 amide bonds. The molecule has 0 bridgehead atoms. The molecule has 0 spiro atoms. The second-order valence-electron chi connectivity index (χ2n) is 6.18. The van der Waals surface area contributed by atoms with Gasteiger partial charge in [0.15, 0.2) is 0 Å². The number of ether oxygens (including phenoxy) is 4. The Hall–Kier alpha value is -2.34. The number of amides is 2. The number of carbonyl (C=O) groups is 4. The van der Waals surface area contributed by atoms with Gasteiger partial charge in [-0.1, -0.05) is 13.2 Å². The van der Waals surface area contributed by atoms with Gasteiger partial charge in [0.2, 0.25) is 0 Å². The summed E-state index contributed by atoms with van der Waals surface area (Å²) in [6.45, 7) is 11.0. The van der Waals surface area contributed by atoms with Gasteiger partial charge in [-0.2, -0.15) is 23.5 Å². The zero-order valence-corrected chi connectivity index (χ0v) is 20.2. The molecule has 0 rings (SSSR count). The lowest BCUT2D eigenvalue weighted by molar-refractivity contribution is -0.139. The first-order valence-electron chi connectivity index (χ1n) is 9.86. The first kappa shape index (κ1) is 29.7. The maximum Gasteiger partial charge on any atom is 0.407 e. The van der Waals surface area contributed by atoms with Gasteiger partial charge in [-0.25, -0.2) is 19.2 Å². The molecule has 2 N–H and O–H groups in total. The Morgan fingerprint density at radius 3 is 1.34 bits per heavy atom. The van der Waals surface area contributed by atoms with Crippen molar-refractivity contribution in [2.24, 2.45) is 0 Å². The van der Waals surface area contributed by atoms with Crippen LogP contribution < -0.4 is 10.6 Å². The molecule has 0 fully saturated rings. The van der Waals surface area contributed by atoms with Crippen molar-refractivity contribution in [1.82, 2.24) is 10.6 Å². The van der Waals surface area contributed by atoms with Gasteiger partial charge in [-0.3, -0.25) is 0 Å². The summed E-state index contributed by atoms with van der Waals surface area (Å²) < 4.78 is 19.7. The third-order valence-corrected chi connectivity index (χ3v) is 5.35. The van der Waals surface area contributed by atoms with Crippen LogP contribution in [-0.4, -0.2) is 86.7 Å². The fourth-order valence-corrected chi connectivity index (χ4v) is 3.40. The van der Waals surface area contributed by atoms with Crippen LogP contribution in [0.1, 0.15) is 13.8 Å². The van der Waals surface area contributed by atoms with Crippen molar-refractivity contribution in [3.05, 3.63) is 24.3 Å². The Morgan fingerprint density at radius 1 is 0.625 bits per heavy atom. The van der Waals surface area contributed by atoms with Crippen LogP contribution in [0.25, 0.3) is 0 Å². The minimum absolute atomic E-state index is 0.0585. The number of hydrogen-bond acceptors (Lipinski definition) is 10. The van der Waals surface area contributed by atoms with Gasteiger partial charge in [-0.05, 0) is 13.8 Å². The van der Waals surface area contributed by atoms with Gasteiger partial charge >= 0.3 is 24.1 Å². The van der Waals surface area contributed by atoms with E-state index in [2.05, 4.69) is 23.8 Å². The second kappa shape index (κ2) is 19.4. The number of hydrogen-bond donors (Lipinski definition) is 2. The van der Waals surface area contributed by atoms with Gasteiger partial charge in [-0.15, -0.1) is 0 Å². The molecule has 0 atom stereocenters. The average molecular weight is 493 g/mol. The van der Waals surface area contributed by atoms with E-state index in [0.29, 0.717) is 22.7 Å². The monoisotopic (exact) mass is 492 g/mol. The lowest BCUT2D eigenvalue weighted by Gasteiger charge is -2.08. The third-order valence-electron chi connectivity index (χ3n) is 3.20. The molecule has 0 aromatic rings. The largest absolute Gasteiger partial charge is 0.460 e. The summed E-state index contributed by atoms with van der Waals surface area (Å²) in [5.41, 5.74) is 0.605. The average Bonchev–Trinajstić information content (AvgIpc) is 2.74. The van der Waals surface area contributed by atoms with E-state index in [4.69, 9.17) is 18.9 Å². The van der Waals surface area contributed by atoms with Crippen molar-refractivity contribution >= 4 is 47.6 Å². The minimum atomic E-state index is -0.559. The molecule has 32 heavy (non-hydrogen) atoms. The summed E-state index contributed by atoms with van der Waals surface area (Å²) in [6, 6.07) is 0. The van der Waals surface area contributed by atoms with Crippen molar-refractivity contribution in [1.29, 1.82) is 0 Å². The highest BCUT2D eigenvalue weighted by Crippen LogP contribution is 2.07. The minimum Gasteiger partial charge on any atom is -0.460 e. The van der Waals surface area contributed by atoms with Crippen LogP contribution >= 0.6 is 23.5 Å². The van der Waals surface area contributed by atoms with Crippen LogP contribution in [0.5, 0.6) is 0 Å². The second-order valence-corrected chi connectivity index (χ2v) is 8.63. The SMILES string of the molecule is C=C(C)C(=O)OCCNC(=O)OCCSCCSCCOC(=O)NCCOC(=O)C(=C)C. The third kappa shape index (κ3) is 18.4. The van der Waals surface area contributed by atoms with Gasteiger partial charge in [0.1, 0.15) is 26.4 Å². The highest BCUT2D eigenvalue weighted by molar-refractivity contribution is 8.02. The molecule has 0 saturated heterocycles. The first-order chi connectivity index (χ1) is 15.2. The number of alkyl carbamates (subject to hydrolysis) is 2. The van der Waals surface area contributed by atoms with Crippen LogP contribution in [0.3, 0.4) is 0 Å². The molecule has 0 aromatic carbocycles. The molecule has 0 heterocycles. The van der Waals surface area contributed by atoms with Crippen LogP contribution in [0, 0.1) is 0 Å². The molecule has 0 saturated carbocycles. The van der Waals surface area contributed by atoms with Gasteiger partial charge < -0.3 is 29.6 Å². The van der Waals surface area contributed by atoms with Crippen molar-refractivity contribution in [2.45, 2.75) is 13.8 Å². The molecule has 0 aromatic heterocycles. The zero-order chi connectivity index (χ0) is 24.2. The van der Waals surface area contributed by atoms with Crippen LogP contribution in [0.2, 0.25) is 0 Å². The number of rotatable bonds is 17. The molecular weight excluding hydrogens is 460 g/mol. The Balaban J connectivity index is 3.39. The van der Waals surface area contributed by atoms with Crippen molar-refractivity contribution in [2.75, 3.05) is 62.5 Å². The summed E-state index contributed by atoms with van der Waals surface area (Å²) in [5, 5.41) is 4.97.